The fourth-order valence-electron chi connectivity index (χ4n) is 8.05. The molecule has 3 heterocycles. The van der Waals surface area contributed by atoms with Gasteiger partial charge in [-0.05, 0) is 58.7 Å². The molecule has 0 radical (unpaired) electrons. The summed E-state index contributed by atoms with van der Waals surface area (Å²) in [5.41, 5.74) is 11.9. The van der Waals surface area contributed by atoms with Crippen molar-refractivity contribution in [3.63, 3.8) is 0 Å². The van der Waals surface area contributed by atoms with Crippen LogP contribution in [0.3, 0.4) is 0 Å². The van der Waals surface area contributed by atoms with Crippen molar-refractivity contribution in [2.24, 2.45) is 0 Å². The van der Waals surface area contributed by atoms with Crippen molar-refractivity contribution in [1.29, 1.82) is 0 Å². The summed E-state index contributed by atoms with van der Waals surface area (Å²) < 4.78 is 9.30. The number of para-hydroxylation sites is 2. The summed E-state index contributed by atoms with van der Waals surface area (Å²) in [7, 11) is 0. The molecule has 0 unspecified atom stereocenters. The van der Waals surface area contributed by atoms with Gasteiger partial charge < -0.3 is 8.98 Å². The van der Waals surface area contributed by atoms with E-state index in [1.165, 1.54) is 10.8 Å². The lowest BCUT2D eigenvalue weighted by atomic mass is 9.99. The Morgan fingerprint density at radius 1 is 0.357 bits per heavy atom. The van der Waals surface area contributed by atoms with E-state index in [4.69, 9.17) is 19.4 Å². The quantitative estimate of drug-likeness (QED) is 0.172. The highest BCUT2D eigenvalue weighted by atomic mass is 16.3. The summed E-state index contributed by atoms with van der Waals surface area (Å²) in [4.78, 5) is 15.5. The Morgan fingerprint density at radius 3 is 1.55 bits per heavy atom. The highest BCUT2D eigenvalue weighted by Crippen LogP contribution is 2.43. The molecule has 0 aliphatic rings. The maximum Gasteiger partial charge on any atom is 0.164 e. The largest absolute Gasteiger partial charge is 0.454 e. The second-order valence-corrected chi connectivity index (χ2v) is 14.0. The van der Waals surface area contributed by atoms with Gasteiger partial charge in [0, 0.05) is 38.2 Å². The molecule has 0 aliphatic carbocycles. The van der Waals surface area contributed by atoms with Crippen molar-refractivity contribution in [3.05, 3.63) is 194 Å². The standard InChI is InChI=1S/C51H32N4O/c1-4-16-33(17-5-1)36-22-14-23-37(30-36)50-52-49(35-20-8-3-9-21-35)53-51(54-50)41-26-15-29-46-47(41)42-31-38(34-18-6-2-7-19-34)32-45(48(42)56-46)55-43-27-12-10-24-39(43)40-25-11-13-28-44(40)55/h1-32H. The Balaban J connectivity index is 1.20. The molecule has 0 atom stereocenters. The van der Waals surface area contributed by atoms with Gasteiger partial charge >= 0.3 is 0 Å². The average Bonchev–Trinajstić information content (AvgIpc) is 3.83. The summed E-state index contributed by atoms with van der Waals surface area (Å²) in [6, 6.07) is 67.3. The number of hydrogen-bond acceptors (Lipinski definition) is 4. The van der Waals surface area contributed by atoms with Crippen molar-refractivity contribution in [2.75, 3.05) is 0 Å². The van der Waals surface area contributed by atoms with Crippen LogP contribution in [0, 0.1) is 0 Å². The topological polar surface area (TPSA) is 56.7 Å². The third kappa shape index (κ3) is 5.29. The summed E-state index contributed by atoms with van der Waals surface area (Å²) in [5, 5.41) is 4.33. The molecular formula is C51H32N4O. The lowest BCUT2D eigenvalue weighted by Gasteiger charge is -2.12. The van der Waals surface area contributed by atoms with Crippen LogP contribution in [0.4, 0.5) is 0 Å². The maximum atomic E-state index is 6.96. The van der Waals surface area contributed by atoms with Crippen LogP contribution in [0.2, 0.25) is 0 Å². The Kier molecular flexibility index (Phi) is 7.42. The normalized spacial score (nSPS) is 11.6. The summed E-state index contributed by atoms with van der Waals surface area (Å²) >= 11 is 0. The van der Waals surface area contributed by atoms with Crippen LogP contribution in [0.25, 0.3) is 106 Å². The highest BCUT2D eigenvalue weighted by molar-refractivity contribution is 6.16. The van der Waals surface area contributed by atoms with Gasteiger partial charge in [-0.1, -0.05) is 158 Å². The minimum atomic E-state index is 0.579. The molecule has 11 aromatic rings. The molecule has 0 spiro atoms. The van der Waals surface area contributed by atoms with Gasteiger partial charge in [-0.15, -0.1) is 0 Å². The van der Waals surface area contributed by atoms with Crippen molar-refractivity contribution >= 4 is 43.7 Å². The van der Waals surface area contributed by atoms with Gasteiger partial charge in [0.15, 0.2) is 23.1 Å². The predicted molar refractivity (Wildman–Crippen MR) is 229 cm³/mol. The van der Waals surface area contributed by atoms with Crippen LogP contribution in [0.15, 0.2) is 199 Å². The molecule has 262 valence electrons. The minimum absolute atomic E-state index is 0.579. The number of furan rings is 1. The van der Waals surface area contributed by atoms with E-state index in [-0.39, 0.29) is 0 Å². The van der Waals surface area contributed by atoms with Crippen molar-refractivity contribution in [3.8, 4) is 62.1 Å². The molecule has 8 aromatic carbocycles. The van der Waals surface area contributed by atoms with Gasteiger partial charge in [0.25, 0.3) is 0 Å². The Labute approximate surface area is 322 Å². The first-order valence-electron chi connectivity index (χ1n) is 18.8. The molecule has 11 rings (SSSR count). The monoisotopic (exact) mass is 716 g/mol. The van der Waals surface area contributed by atoms with Gasteiger partial charge in [-0.2, -0.15) is 0 Å². The van der Waals surface area contributed by atoms with E-state index in [2.05, 4.69) is 150 Å². The molecule has 56 heavy (non-hydrogen) atoms. The fraction of sp³-hybridized carbons (Fsp3) is 0. The number of benzene rings is 8. The third-order valence-corrected chi connectivity index (χ3v) is 10.6. The third-order valence-electron chi connectivity index (χ3n) is 10.6. The zero-order chi connectivity index (χ0) is 37.0. The molecule has 3 aromatic heterocycles. The molecule has 0 amide bonds. The second kappa shape index (κ2) is 13.0. The number of fused-ring (bicyclic) bond motifs is 6. The van der Waals surface area contributed by atoms with Gasteiger partial charge in [-0.25, -0.2) is 15.0 Å². The first-order valence-corrected chi connectivity index (χ1v) is 18.8. The lowest BCUT2D eigenvalue weighted by Crippen LogP contribution is -2.00. The van der Waals surface area contributed by atoms with E-state index in [0.29, 0.717) is 17.5 Å². The smallest absolute Gasteiger partial charge is 0.164 e. The highest BCUT2D eigenvalue weighted by Gasteiger charge is 2.23. The summed E-state index contributed by atoms with van der Waals surface area (Å²) in [6.07, 6.45) is 0. The first-order chi connectivity index (χ1) is 27.8. The van der Waals surface area contributed by atoms with Crippen LogP contribution < -0.4 is 0 Å². The van der Waals surface area contributed by atoms with Gasteiger partial charge in [0.2, 0.25) is 0 Å². The van der Waals surface area contributed by atoms with Crippen LogP contribution >= 0.6 is 0 Å². The summed E-state index contributed by atoms with van der Waals surface area (Å²) in [5.74, 6) is 1.79. The Bertz CT molecular complexity index is 3190. The molecule has 0 fully saturated rings. The molecule has 0 N–H and O–H groups in total. The molecule has 0 saturated heterocycles. The van der Waals surface area contributed by atoms with Crippen LogP contribution in [-0.2, 0) is 0 Å². The average molecular weight is 717 g/mol. The number of rotatable bonds is 6. The zero-order valence-electron chi connectivity index (χ0n) is 30.2. The van der Waals surface area contributed by atoms with Gasteiger partial charge in [0.1, 0.15) is 5.58 Å². The van der Waals surface area contributed by atoms with E-state index in [0.717, 1.165) is 77.6 Å². The van der Waals surface area contributed by atoms with E-state index in [1.807, 2.05) is 48.5 Å². The zero-order valence-corrected chi connectivity index (χ0v) is 30.2. The Morgan fingerprint density at radius 2 is 0.875 bits per heavy atom. The van der Waals surface area contributed by atoms with E-state index >= 15 is 0 Å². The minimum Gasteiger partial charge on any atom is -0.454 e. The van der Waals surface area contributed by atoms with Gasteiger partial charge in [0.05, 0.1) is 16.7 Å². The molecule has 5 nitrogen and oxygen atoms in total. The van der Waals surface area contributed by atoms with E-state index in [9.17, 15) is 0 Å². The second-order valence-electron chi connectivity index (χ2n) is 14.0. The van der Waals surface area contributed by atoms with E-state index < -0.39 is 0 Å². The molecule has 5 heteroatoms. The predicted octanol–water partition coefficient (Wildman–Crippen LogP) is 13.2. The molecule has 0 saturated carbocycles. The van der Waals surface area contributed by atoms with Crippen LogP contribution in [0.1, 0.15) is 0 Å². The molecular weight excluding hydrogens is 685 g/mol. The number of hydrogen-bond donors (Lipinski definition) is 0. The van der Waals surface area contributed by atoms with Crippen molar-refractivity contribution < 1.29 is 4.42 Å². The first kappa shape index (κ1) is 31.9. The lowest BCUT2D eigenvalue weighted by molar-refractivity contribution is 0.666. The maximum absolute atomic E-state index is 6.96. The van der Waals surface area contributed by atoms with E-state index in [1.54, 1.807) is 0 Å². The molecule has 0 aliphatic heterocycles. The summed E-state index contributed by atoms with van der Waals surface area (Å²) in [6.45, 7) is 0. The number of nitrogens with zero attached hydrogens (tertiary/aromatic N) is 4. The fourth-order valence-corrected chi connectivity index (χ4v) is 8.05. The van der Waals surface area contributed by atoms with Gasteiger partial charge in [-0.3, -0.25) is 0 Å². The number of aromatic nitrogens is 4. The van der Waals surface area contributed by atoms with Crippen LogP contribution in [-0.4, -0.2) is 19.5 Å². The Hall–Kier alpha value is -7.63. The molecule has 0 bridgehead atoms. The van der Waals surface area contributed by atoms with Crippen molar-refractivity contribution in [1.82, 2.24) is 19.5 Å². The van der Waals surface area contributed by atoms with Crippen molar-refractivity contribution in [2.45, 2.75) is 0 Å². The SMILES string of the molecule is c1ccc(-c2cccc(-c3nc(-c4ccccc4)nc(-c4cccc5oc6c(-n7c8ccccc8c8ccccc87)cc(-c7ccccc7)cc6c45)n3)c2)cc1. The van der Waals surface area contributed by atoms with Crippen LogP contribution in [0.5, 0.6) is 0 Å².